The van der Waals surface area contributed by atoms with Crippen LogP contribution in [0.5, 0.6) is 0 Å². The van der Waals surface area contributed by atoms with Gasteiger partial charge in [-0.15, -0.1) is 0 Å². The van der Waals surface area contributed by atoms with E-state index in [1.54, 1.807) is 27.7 Å². The summed E-state index contributed by atoms with van der Waals surface area (Å²) in [5.41, 5.74) is 0.207. The summed E-state index contributed by atoms with van der Waals surface area (Å²) in [6.45, 7) is 7.08. The highest BCUT2D eigenvalue weighted by atomic mass is 16.6. The maximum absolute atomic E-state index is 12.0. The van der Waals surface area contributed by atoms with Crippen molar-refractivity contribution in [3.05, 3.63) is 35.9 Å². The molecule has 2 atom stereocenters. The van der Waals surface area contributed by atoms with Gasteiger partial charge in [0.15, 0.2) is 6.04 Å². The summed E-state index contributed by atoms with van der Waals surface area (Å²) in [4.78, 5) is 37.2. The summed E-state index contributed by atoms with van der Waals surface area (Å²) < 4.78 is 9.90. The van der Waals surface area contributed by atoms with Crippen molar-refractivity contribution >= 4 is 18.2 Å². The number of esters is 1. The smallest absolute Gasteiger partial charge is 0.418 e. The minimum atomic E-state index is -0.898. The number of cyclic esters (lactones) is 2. The summed E-state index contributed by atoms with van der Waals surface area (Å²) in [5.74, 6) is -0.681. The molecule has 1 heterocycles. The van der Waals surface area contributed by atoms with Gasteiger partial charge in [0.25, 0.3) is 0 Å². The molecule has 1 aromatic rings. The van der Waals surface area contributed by atoms with Gasteiger partial charge >= 0.3 is 18.2 Å². The Morgan fingerprint density at radius 3 is 2.50 bits per heavy atom. The second-order valence-electron chi connectivity index (χ2n) is 6.68. The van der Waals surface area contributed by atoms with E-state index >= 15 is 0 Å². The molecular formula is C17H22N2O5. The number of rotatable bonds is 4. The topological polar surface area (TPSA) is 84.9 Å². The predicted molar refractivity (Wildman–Crippen MR) is 86.1 cm³/mol. The van der Waals surface area contributed by atoms with Gasteiger partial charge in [-0.3, -0.25) is 4.90 Å². The van der Waals surface area contributed by atoms with Gasteiger partial charge in [0, 0.05) is 0 Å². The lowest BCUT2D eigenvalue weighted by molar-refractivity contribution is -0.136. The number of amides is 2. The molecule has 1 aliphatic rings. The number of nitrogens with one attached hydrogen (secondary N) is 1. The zero-order valence-electron chi connectivity index (χ0n) is 14.2. The fourth-order valence-electron chi connectivity index (χ4n) is 2.44. The lowest BCUT2D eigenvalue weighted by Gasteiger charge is -2.27. The molecule has 2 rings (SSSR count). The van der Waals surface area contributed by atoms with Crippen molar-refractivity contribution in [2.24, 2.45) is 0 Å². The lowest BCUT2D eigenvalue weighted by Crippen LogP contribution is -2.51. The largest absolute Gasteiger partial charge is 0.444 e. The van der Waals surface area contributed by atoms with E-state index < -0.39 is 35.8 Å². The molecular weight excluding hydrogens is 312 g/mol. The van der Waals surface area contributed by atoms with E-state index in [0.717, 1.165) is 5.56 Å². The SMILES string of the molecule is C[C@H](NC(=O)OC(C)(C)C)[C@@H]1C(=O)OC(=O)N1Cc1ccccc1. The quantitative estimate of drug-likeness (QED) is 0.675. The second kappa shape index (κ2) is 6.90. The molecule has 0 saturated carbocycles. The highest BCUT2D eigenvalue weighted by Crippen LogP contribution is 2.20. The van der Waals surface area contributed by atoms with Gasteiger partial charge in [-0.25, -0.2) is 14.4 Å². The third-order valence-electron chi connectivity index (χ3n) is 3.41. The third-order valence-corrected chi connectivity index (χ3v) is 3.41. The average molecular weight is 334 g/mol. The number of carbonyl (C=O) groups excluding carboxylic acids is 3. The first-order chi connectivity index (χ1) is 11.2. The first-order valence-electron chi connectivity index (χ1n) is 7.73. The molecule has 1 N–H and O–H groups in total. The van der Waals surface area contributed by atoms with Crippen molar-refractivity contribution in [1.29, 1.82) is 0 Å². The van der Waals surface area contributed by atoms with E-state index in [1.165, 1.54) is 4.90 Å². The molecule has 1 aromatic carbocycles. The monoisotopic (exact) mass is 334 g/mol. The number of hydrogen-bond acceptors (Lipinski definition) is 5. The summed E-state index contributed by atoms with van der Waals surface area (Å²) in [6.07, 6.45) is -1.37. The molecule has 2 amide bonds. The molecule has 1 fully saturated rings. The molecule has 0 bridgehead atoms. The van der Waals surface area contributed by atoms with Crippen LogP contribution in [0, 0.1) is 0 Å². The molecule has 1 aliphatic heterocycles. The van der Waals surface area contributed by atoms with Crippen LogP contribution in [0.15, 0.2) is 30.3 Å². The third kappa shape index (κ3) is 4.47. The maximum atomic E-state index is 12.0. The van der Waals surface area contributed by atoms with Crippen molar-refractivity contribution < 1.29 is 23.9 Å². The maximum Gasteiger partial charge on any atom is 0.418 e. The molecule has 0 radical (unpaired) electrons. The van der Waals surface area contributed by atoms with Crippen LogP contribution in [0.25, 0.3) is 0 Å². The first-order valence-corrected chi connectivity index (χ1v) is 7.73. The van der Waals surface area contributed by atoms with Crippen molar-refractivity contribution in [1.82, 2.24) is 10.2 Å². The summed E-state index contributed by atoms with van der Waals surface area (Å²) in [5, 5.41) is 2.59. The molecule has 7 heteroatoms. The molecule has 0 unspecified atom stereocenters. The molecule has 1 saturated heterocycles. The summed E-state index contributed by atoms with van der Waals surface area (Å²) in [6, 6.07) is 7.69. The Hall–Kier alpha value is -2.57. The van der Waals surface area contributed by atoms with Crippen LogP contribution < -0.4 is 5.32 Å². The van der Waals surface area contributed by atoms with Crippen molar-refractivity contribution in [3.63, 3.8) is 0 Å². The molecule has 0 aromatic heterocycles. The Morgan fingerprint density at radius 1 is 1.29 bits per heavy atom. The highest BCUT2D eigenvalue weighted by Gasteiger charge is 2.45. The Bertz CT molecular complexity index is 624. The van der Waals surface area contributed by atoms with Crippen LogP contribution in [-0.4, -0.2) is 40.7 Å². The van der Waals surface area contributed by atoms with Gasteiger partial charge in [-0.2, -0.15) is 0 Å². The van der Waals surface area contributed by atoms with Crippen molar-refractivity contribution in [2.45, 2.75) is 51.9 Å². The molecule has 24 heavy (non-hydrogen) atoms. The van der Waals surface area contributed by atoms with E-state index in [0.29, 0.717) is 0 Å². The van der Waals surface area contributed by atoms with Gasteiger partial charge in [0.1, 0.15) is 5.60 Å². The average Bonchev–Trinajstić information content (AvgIpc) is 2.72. The van der Waals surface area contributed by atoms with Crippen LogP contribution in [0.1, 0.15) is 33.3 Å². The highest BCUT2D eigenvalue weighted by molar-refractivity contribution is 5.96. The molecule has 0 spiro atoms. The Labute approximate surface area is 140 Å². The summed E-state index contributed by atoms with van der Waals surface area (Å²) >= 11 is 0. The van der Waals surface area contributed by atoms with Gasteiger partial charge < -0.3 is 14.8 Å². The van der Waals surface area contributed by atoms with Gasteiger partial charge in [0.2, 0.25) is 0 Å². The number of nitrogens with zero attached hydrogens (tertiary/aromatic N) is 1. The van der Waals surface area contributed by atoms with Crippen molar-refractivity contribution in [2.75, 3.05) is 0 Å². The van der Waals surface area contributed by atoms with Crippen LogP contribution in [0.3, 0.4) is 0 Å². The van der Waals surface area contributed by atoms with Crippen LogP contribution in [0.4, 0.5) is 9.59 Å². The Morgan fingerprint density at radius 2 is 1.92 bits per heavy atom. The zero-order valence-corrected chi connectivity index (χ0v) is 14.2. The fourth-order valence-corrected chi connectivity index (χ4v) is 2.44. The molecule has 0 aliphatic carbocycles. The fraction of sp³-hybridized carbons (Fsp3) is 0.471. The normalized spacial score (nSPS) is 19.0. The van der Waals surface area contributed by atoms with Crippen molar-refractivity contribution in [3.8, 4) is 0 Å². The van der Waals surface area contributed by atoms with Crippen LogP contribution in [-0.2, 0) is 20.8 Å². The molecule has 130 valence electrons. The van der Waals surface area contributed by atoms with Gasteiger partial charge in [0.05, 0.1) is 12.6 Å². The number of benzene rings is 1. The number of ether oxygens (including phenoxy) is 2. The Kier molecular flexibility index (Phi) is 5.11. The minimum Gasteiger partial charge on any atom is -0.444 e. The lowest BCUT2D eigenvalue weighted by atomic mass is 10.1. The van der Waals surface area contributed by atoms with E-state index in [1.807, 2.05) is 30.3 Å². The van der Waals surface area contributed by atoms with E-state index in [9.17, 15) is 14.4 Å². The number of hydrogen-bond donors (Lipinski definition) is 1. The number of carbonyl (C=O) groups is 3. The van der Waals surface area contributed by atoms with Gasteiger partial charge in [-0.05, 0) is 33.3 Å². The molecule has 7 nitrogen and oxygen atoms in total. The second-order valence-corrected chi connectivity index (χ2v) is 6.68. The first kappa shape index (κ1) is 17.8. The minimum absolute atomic E-state index is 0.219. The standard InChI is InChI=1S/C17H22N2O5/c1-11(18-15(21)24-17(2,3)4)13-14(20)23-16(22)19(13)10-12-8-6-5-7-9-12/h5-9,11,13H,10H2,1-4H3,(H,18,21)/t11-,13+/m0/s1. The summed E-state index contributed by atoms with van der Waals surface area (Å²) in [7, 11) is 0. The predicted octanol–water partition coefficient (Wildman–Crippen LogP) is 2.45. The van der Waals surface area contributed by atoms with Crippen LogP contribution in [0.2, 0.25) is 0 Å². The number of alkyl carbamates (subject to hydrolysis) is 1. The van der Waals surface area contributed by atoms with Gasteiger partial charge in [-0.1, -0.05) is 30.3 Å². The van der Waals surface area contributed by atoms with E-state index in [-0.39, 0.29) is 6.54 Å². The Balaban J connectivity index is 2.08. The van der Waals surface area contributed by atoms with E-state index in [4.69, 9.17) is 9.47 Å². The van der Waals surface area contributed by atoms with E-state index in [2.05, 4.69) is 5.32 Å². The van der Waals surface area contributed by atoms with Crippen LogP contribution >= 0.6 is 0 Å². The zero-order chi connectivity index (χ0) is 17.9.